The van der Waals surface area contributed by atoms with Gasteiger partial charge in [0.2, 0.25) is 0 Å². The SMILES string of the molecule is CN1CCNC2CCC[C@H]2[C@@H]1c1ccn(C)c1. The molecule has 0 bridgehead atoms. The first-order valence-electron chi connectivity index (χ1n) is 6.81. The Bertz CT molecular complexity index is 385. The zero-order chi connectivity index (χ0) is 11.8. The molecule has 0 radical (unpaired) electrons. The fraction of sp³-hybridized carbons (Fsp3) is 0.714. The number of hydrogen-bond donors (Lipinski definition) is 1. The van der Waals surface area contributed by atoms with E-state index in [2.05, 4.69) is 47.3 Å². The molecule has 1 saturated carbocycles. The highest BCUT2D eigenvalue weighted by atomic mass is 15.2. The third-order valence-electron chi connectivity index (χ3n) is 4.52. The highest BCUT2D eigenvalue weighted by molar-refractivity contribution is 5.18. The number of rotatable bonds is 1. The monoisotopic (exact) mass is 233 g/mol. The average Bonchev–Trinajstić information content (AvgIpc) is 2.87. The largest absolute Gasteiger partial charge is 0.357 e. The van der Waals surface area contributed by atoms with Crippen LogP contribution in [0.15, 0.2) is 18.5 Å². The van der Waals surface area contributed by atoms with Crippen LogP contribution in [-0.2, 0) is 7.05 Å². The second kappa shape index (κ2) is 4.46. The summed E-state index contributed by atoms with van der Waals surface area (Å²) in [6.07, 6.45) is 8.59. The van der Waals surface area contributed by atoms with Crippen LogP contribution in [0.25, 0.3) is 0 Å². The van der Waals surface area contributed by atoms with Crippen molar-refractivity contribution in [3.05, 3.63) is 24.0 Å². The minimum absolute atomic E-state index is 0.610. The van der Waals surface area contributed by atoms with Gasteiger partial charge in [0.25, 0.3) is 0 Å². The Hall–Kier alpha value is -0.800. The van der Waals surface area contributed by atoms with Gasteiger partial charge in [0, 0.05) is 44.6 Å². The maximum Gasteiger partial charge on any atom is 0.0403 e. The maximum absolute atomic E-state index is 3.73. The summed E-state index contributed by atoms with van der Waals surface area (Å²) in [5.41, 5.74) is 1.50. The van der Waals surface area contributed by atoms with Gasteiger partial charge in [-0.15, -0.1) is 0 Å². The molecule has 3 rings (SSSR count). The highest BCUT2D eigenvalue weighted by Crippen LogP contribution is 2.40. The first-order chi connectivity index (χ1) is 8.25. The maximum atomic E-state index is 3.73. The predicted molar refractivity (Wildman–Crippen MR) is 69.9 cm³/mol. The standard InChI is InChI=1S/C14H23N3/c1-16-8-6-11(10-16)14-12-4-3-5-13(12)15-7-9-17(14)2/h6,8,10,12-15H,3-5,7,9H2,1-2H3/t12-,13?,14+/m1/s1. The van der Waals surface area contributed by atoms with Crippen molar-refractivity contribution < 1.29 is 0 Å². The molecule has 2 fully saturated rings. The van der Waals surface area contributed by atoms with Crippen molar-refractivity contribution in [3.63, 3.8) is 0 Å². The minimum atomic E-state index is 0.610. The molecule has 0 aromatic carbocycles. The molecule has 0 spiro atoms. The molecule has 1 unspecified atom stereocenters. The molecule has 1 saturated heterocycles. The Kier molecular flexibility index (Phi) is 2.97. The van der Waals surface area contributed by atoms with Gasteiger partial charge in [0.1, 0.15) is 0 Å². The van der Waals surface area contributed by atoms with Gasteiger partial charge in [-0.05, 0) is 37.4 Å². The number of nitrogens with zero attached hydrogens (tertiary/aromatic N) is 2. The van der Waals surface area contributed by atoms with Crippen molar-refractivity contribution in [2.75, 3.05) is 20.1 Å². The predicted octanol–water partition coefficient (Wildman–Crippen LogP) is 1.77. The molecule has 1 aliphatic heterocycles. The number of aromatic nitrogens is 1. The van der Waals surface area contributed by atoms with Crippen LogP contribution < -0.4 is 5.32 Å². The summed E-state index contributed by atoms with van der Waals surface area (Å²) in [4.78, 5) is 2.54. The molecular formula is C14H23N3. The summed E-state index contributed by atoms with van der Waals surface area (Å²) >= 11 is 0. The van der Waals surface area contributed by atoms with Crippen molar-refractivity contribution >= 4 is 0 Å². The number of nitrogens with one attached hydrogen (secondary N) is 1. The van der Waals surface area contributed by atoms with Crippen LogP contribution in [-0.4, -0.2) is 35.6 Å². The van der Waals surface area contributed by atoms with E-state index < -0.39 is 0 Å². The lowest BCUT2D eigenvalue weighted by Gasteiger charge is -2.31. The Labute approximate surface area is 104 Å². The van der Waals surface area contributed by atoms with Crippen LogP contribution in [0.1, 0.15) is 30.9 Å². The fourth-order valence-electron chi connectivity index (χ4n) is 3.71. The number of fused-ring (bicyclic) bond motifs is 1. The summed E-state index contributed by atoms with van der Waals surface area (Å²) in [6, 6.07) is 3.64. The van der Waals surface area contributed by atoms with E-state index in [4.69, 9.17) is 0 Å². The van der Waals surface area contributed by atoms with E-state index >= 15 is 0 Å². The molecule has 1 aromatic heterocycles. The van der Waals surface area contributed by atoms with E-state index in [1.165, 1.54) is 24.8 Å². The van der Waals surface area contributed by atoms with E-state index in [9.17, 15) is 0 Å². The zero-order valence-corrected chi connectivity index (χ0v) is 10.9. The Morgan fingerprint density at radius 1 is 1.29 bits per heavy atom. The Morgan fingerprint density at radius 2 is 2.18 bits per heavy atom. The van der Waals surface area contributed by atoms with Crippen LogP contribution in [0.3, 0.4) is 0 Å². The number of aryl methyl sites for hydroxylation is 1. The molecule has 2 aliphatic rings. The molecule has 17 heavy (non-hydrogen) atoms. The minimum Gasteiger partial charge on any atom is -0.357 e. The zero-order valence-electron chi connectivity index (χ0n) is 10.9. The van der Waals surface area contributed by atoms with E-state index in [0.717, 1.165) is 25.0 Å². The van der Waals surface area contributed by atoms with Gasteiger partial charge in [0.15, 0.2) is 0 Å². The summed E-state index contributed by atoms with van der Waals surface area (Å²) in [5, 5.41) is 3.73. The van der Waals surface area contributed by atoms with Gasteiger partial charge in [-0.2, -0.15) is 0 Å². The van der Waals surface area contributed by atoms with Crippen molar-refractivity contribution in [2.45, 2.75) is 31.3 Å². The van der Waals surface area contributed by atoms with Crippen molar-refractivity contribution in [1.29, 1.82) is 0 Å². The molecule has 94 valence electrons. The third kappa shape index (κ3) is 2.02. The van der Waals surface area contributed by atoms with Crippen LogP contribution in [0, 0.1) is 5.92 Å². The summed E-state index contributed by atoms with van der Waals surface area (Å²) in [7, 11) is 4.39. The molecule has 1 N–H and O–H groups in total. The summed E-state index contributed by atoms with van der Waals surface area (Å²) < 4.78 is 2.17. The van der Waals surface area contributed by atoms with E-state index in [1.54, 1.807) is 0 Å². The molecule has 3 heteroatoms. The average molecular weight is 233 g/mol. The highest BCUT2D eigenvalue weighted by Gasteiger charge is 2.38. The van der Waals surface area contributed by atoms with E-state index in [1.807, 2.05) is 0 Å². The van der Waals surface area contributed by atoms with Crippen molar-refractivity contribution in [2.24, 2.45) is 13.0 Å². The van der Waals surface area contributed by atoms with Gasteiger partial charge in [0.05, 0.1) is 0 Å². The lowest BCUT2D eigenvalue weighted by molar-refractivity contribution is 0.192. The smallest absolute Gasteiger partial charge is 0.0403 e. The van der Waals surface area contributed by atoms with Gasteiger partial charge in [-0.1, -0.05) is 6.42 Å². The molecule has 0 amide bonds. The molecule has 3 nitrogen and oxygen atoms in total. The lowest BCUT2D eigenvalue weighted by Crippen LogP contribution is -2.34. The summed E-state index contributed by atoms with van der Waals surface area (Å²) in [6.45, 7) is 2.30. The molecular weight excluding hydrogens is 210 g/mol. The lowest BCUT2D eigenvalue weighted by atomic mass is 9.90. The topological polar surface area (TPSA) is 20.2 Å². The van der Waals surface area contributed by atoms with Gasteiger partial charge < -0.3 is 9.88 Å². The van der Waals surface area contributed by atoms with Crippen LogP contribution in [0.4, 0.5) is 0 Å². The Balaban J connectivity index is 1.92. The van der Waals surface area contributed by atoms with Crippen LogP contribution in [0.2, 0.25) is 0 Å². The molecule has 3 atom stereocenters. The number of hydrogen-bond acceptors (Lipinski definition) is 2. The van der Waals surface area contributed by atoms with E-state index in [-0.39, 0.29) is 0 Å². The van der Waals surface area contributed by atoms with Crippen LogP contribution >= 0.6 is 0 Å². The fourth-order valence-corrected chi connectivity index (χ4v) is 3.71. The van der Waals surface area contributed by atoms with Gasteiger partial charge >= 0.3 is 0 Å². The molecule has 2 heterocycles. The second-order valence-corrected chi connectivity index (χ2v) is 5.69. The van der Waals surface area contributed by atoms with Crippen molar-refractivity contribution in [1.82, 2.24) is 14.8 Å². The van der Waals surface area contributed by atoms with E-state index in [0.29, 0.717) is 6.04 Å². The first kappa shape index (κ1) is 11.3. The molecule has 1 aromatic rings. The number of likely N-dealkylation sites (N-methyl/N-ethyl adjacent to an activating group) is 1. The Morgan fingerprint density at radius 3 is 2.94 bits per heavy atom. The summed E-state index contributed by atoms with van der Waals surface area (Å²) in [5.74, 6) is 0.796. The first-order valence-corrected chi connectivity index (χ1v) is 6.81. The van der Waals surface area contributed by atoms with Gasteiger partial charge in [-0.3, -0.25) is 4.90 Å². The quantitative estimate of drug-likeness (QED) is 0.798. The second-order valence-electron chi connectivity index (χ2n) is 5.69. The normalized spacial score (nSPS) is 34.6. The van der Waals surface area contributed by atoms with Crippen molar-refractivity contribution in [3.8, 4) is 0 Å². The third-order valence-corrected chi connectivity index (χ3v) is 4.52. The molecule has 1 aliphatic carbocycles. The van der Waals surface area contributed by atoms with Crippen LogP contribution in [0.5, 0.6) is 0 Å². The van der Waals surface area contributed by atoms with Gasteiger partial charge in [-0.25, -0.2) is 0 Å².